The first-order valence-electron chi connectivity index (χ1n) is 8.42. The SMILES string of the molecule is CCC1(C)NC(C(C)C)N(C2CCCC(C)C2C)C1=O. The van der Waals surface area contributed by atoms with Gasteiger partial charge in [-0.2, -0.15) is 0 Å². The summed E-state index contributed by atoms with van der Waals surface area (Å²) in [5.41, 5.74) is -0.366. The molecular weight excluding hydrogens is 248 g/mol. The van der Waals surface area contributed by atoms with Crippen LogP contribution in [0.1, 0.15) is 67.2 Å². The average molecular weight is 280 g/mol. The molecule has 3 nitrogen and oxygen atoms in total. The molecule has 0 aromatic carbocycles. The molecule has 20 heavy (non-hydrogen) atoms. The predicted octanol–water partition coefficient (Wildman–Crippen LogP) is 3.39. The van der Waals surface area contributed by atoms with Crippen LogP contribution < -0.4 is 5.32 Å². The molecule has 2 rings (SSSR count). The Kier molecular flexibility index (Phi) is 4.48. The second-order valence-electron chi connectivity index (χ2n) is 7.57. The van der Waals surface area contributed by atoms with Crippen LogP contribution in [0.5, 0.6) is 0 Å². The molecule has 1 amide bonds. The maximum Gasteiger partial charge on any atom is 0.244 e. The van der Waals surface area contributed by atoms with Crippen LogP contribution in [0.3, 0.4) is 0 Å². The van der Waals surface area contributed by atoms with Gasteiger partial charge in [0.1, 0.15) is 0 Å². The second-order valence-corrected chi connectivity index (χ2v) is 7.57. The molecule has 1 saturated heterocycles. The molecule has 1 aliphatic heterocycles. The molecule has 2 fully saturated rings. The maximum atomic E-state index is 13.0. The zero-order valence-electron chi connectivity index (χ0n) is 14.1. The van der Waals surface area contributed by atoms with Crippen molar-refractivity contribution in [3.05, 3.63) is 0 Å². The number of carbonyl (C=O) groups is 1. The summed E-state index contributed by atoms with van der Waals surface area (Å²) in [6, 6.07) is 0.416. The highest BCUT2D eigenvalue weighted by Crippen LogP contribution is 2.38. The van der Waals surface area contributed by atoms with Gasteiger partial charge in [-0.25, -0.2) is 0 Å². The third-order valence-electron chi connectivity index (χ3n) is 5.83. The summed E-state index contributed by atoms with van der Waals surface area (Å²) in [5, 5.41) is 3.63. The molecule has 0 aromatic rings. The Hall–Kier alpha value is -0.570. The number of rotatable bonds is 3. The highest BCUT2D eigenvalue weighted by atomic mass is 16.2. The molecule has 1 N–H and O–H groups in total. The largest absolute Gasteiger partial charge is 0.322 e. The third kappa shape index (κ3) is 2.49. The molecule has 0 spiro atoms. The molecule has 1 aliphatic carbocycles. The van der Waals surface area contributed by atoms with Gasteiger partial charge in [0.2, 0.25) is 5.91 Å². The fourth-order valence-electron chi connectivity index (χ4n) is 3.91. The first-order valence-corrected chi connectivity index (χ1v) is 8.42. The van der Waals surface area contributed by atoms with Crippen molar-refractivity contribution >= 4 is 5.91 Å². The van der Waals surface area contributed by atoms with E-state index in [0.717, 1.165) is 12.3 Å². The van der Waals surface area contributed by atoms with E-state index in [2.05, 4.69) is 51.8 Å². The number of carbonyl (C=O) groups excluding carboxylic acids is 1. The topological polar surface area (TPSA) is 32.3 Å². The normalized spacial score (nSPS) is 42.5. The molecule has 5 atom stereocenters. The van der Waals surface area contributed by atoms with Gasteiger partial charge in [0, 0.05) is 6.04 Å². The van der Waals surface area contributed by atoms with E-state index in [4.69, 9.17) is 0 Å². The molecule has 116 valence electrons. The van der Waals surface area contributed by atoms with Crippen molar-refractivity contribution in [3.63, 3.8) is 0 Å². The van der Waals surface area contributed by atoms with Crippen LogP contribution in [0.25, 0.3) is 0 Å². The second kappa shape index (κ2) is 5.67. The van der Waals surface area contributed by atoms with E-state index in [1.807, 2.05) is 0 Å². The van der Waals surface area contributed by atoms with E-state index < -0.39 is 0 Å². The lowest BCUT2D eigenvalue weighted by molar-refractivity contribution is -0.138. The van der Waals surface area contributed by atoms with Crippen LogP contribution in [0.2, 0.25) is 0 Å². The standard InChI is InChI=1S/C17H32N2O/c1-7-17(6)16(20)19(15(18-17)11(2)3)14-10-8-9-12(4)13(14)5/h11-15,18H,7-10H2,1-6H3. The average Bonchev–Trinajstić information content (AvgIpc) is 2.67. The molecule has 1 heterocycles. The number of hydrogen-bond acceptors (Lipinski definition) is 2. The van der Waals surface area contributed by atoms with Crippen LogP contribution in [-0.2, 0) is 4.79 Å². The summed E-state index contributed by atoms with van der Waals surface area (Å²) in [6.45, 7) is 13.3. The minimum absolute atomic E-state index is 0.199. The van der Waals surface area contributed by atoms with Gasteiger partial charge in [0.15, 0.2) is 0 Å². The number of nitrogens with zero attached hydrogens (tertiary/aromatic N) is 1. The van der Waals surface area contributed by atoms with Gasteiger partial charge < -0.3 is 4.90 Å². The van der Waals surface area contributed by atoms with Crippen LogP contribution in [0, 0.1) is 17.8 Å². The van der Waals surface area contributed by atoms with E-state index in [1.165, 1.54) is 19.3 Å². The zero-order chi connectivity index (χ0) is 15.1. The van der Waals surface area contributed by atoms with E-state index in [1.54, 1.807) is 0 Å². The lowest BCUT2D eigenvalue weighted by Crippen LogP contribution is -2.52. The zero-order valence-corrected chi connectivity index (χ0v) is 14.1. The fourth-order valence-corrected chi connectivity index (χ4v) is 3.91. The van der Waals surface area contributed by atoms with Crippen molar-refractivity contribution in [1.29, 1.82) is 0 Å². The number of nitrogens with one attached hydrogen (secondary N) is 1. The van der Waals surface area contributed by atoms with E-state index in [9.17, 15) is 4.79 Å². The number of amides is 1. The maximum absolute atomic E-state index is 13.0. The molecule has 0 radical (unpaired) electrons. The Labute approximate surface area is 124 Å². The Morgan fingerprint density at radius 3 is 2.55 bits per heavy atom. The Bertz CT molecular complexity index is 368. The van der Waals surface area contributed by atoms with E-state index in [0.29, 0.717) is 23.8 Å². The van der Waals surface area contributed by atoms with Crippen molar-refractivity contribution in [1.82, 2.24) is 10.2 Å². The van der Waals surface area contributed by atoms with Gasteiger partial charge in [0.25, 0.3) is 0 Å². The molecule has 0 aromatic heterocycles. The van der Waals surface area contributed by atoms with Gasteiger partial charge in [0.05, 0.1) is 11.7 Å². The Morgan fingerprint density at radius 1 is 1.35 bits per heavy atom. The van der Waals surface area contributed by atoms with Crippen molar-refractivity contribution in [3.8, 4) is 0 Å². The van der Waals surface area contributed by atoms with E-state index in [-0.39, 0.29) is 11.7 Å². The summed E-state index contributed by atoms with van der Waals surface area (Å²) in [6.07, 6.45) is 4.80. The van der Waals surface area contributed by atoms with Crippen molar-refractivity contribution in [2.45, 2.75) is 85.0 Å². The highest BCUT2D eigenvalue weighted by molar-refractivity contribution is 5.88. The summed E-state index contributed by atoms with van der Waals surface area (Å²) in [4.78, 5) is 15.2. The monoisotopic (exact) mass is 280 g/mol. The first-order chi connectivity index (χ1) is 9.31. The predicted molar refractivity (Wildman–Crippen MR) is 83.3 cm³/mol. The quantitative estimate of drug-likeness (QED) is 0.859. The minimum Gasteiger partial charge on any atom is -0.322 e. The van der Waals surface area contributed by atoms with Crippen LogP contribution in [0.15, 0.2) is 0 Å². The van der Waals surface area contributed by atoms with Gasteiger partial charge in [-0.05, 0) is 37.5 Å². The molecule has 3 heteroatoms. The summed E-state index contributed by atoms with van der Waals surface area (Å²) >= 11 is 0. The Balaban J connectivity index is 2.29. The lowest BCUT2D eigenvalue weighted by atomic mass is 9.77. The van der Waals surface area contributed by atoms with Gasteiger partial charge >= 0.3 is 0 Å². The Morgan fingerprint density at radius 2 is 2.00 bits per heavy atom. The van der Waals surface area contributed by atoms with Crippen LogP contribution in [-0.4, -0.2) is 28.6 Å². The van der Waals surface area contributed by atoms with Gasteiger partial charge in [-0.3, -0.25) is 10.1 Å². The van der Waals surface area contributed by atoms with Gasteiger partial charge in [-0.15, -0.1) is 0 Å². The molecule has 0 bridgehead atoms. The summed E-state index contributed by atoms with van der Waals surface area (Å²) in [5.74, 6) is 2.11. The minimum atomic E-state index is -0.366. The first kappa shape index (κ1) is 15.8. The summed E-state index contributed by atoms with van der Waals surface area (Å²) in [7, 11) is 0. The van der Waals surface area contributed by atoms with Crippen LogP contribution >= 0.6 is 0 Å². The van der Waals surface area contributed by atoms with E-state index >= 15 is 0 Å². The van der Waals surface area contributed by atoms with Crippen molar-refractivity contribution in [2.24, 2.45) is 17.8 Å². The molecule has 5 unspecified atom stereocenters. The molecule has 2 aliphatic rings. The number of hydrogen-bond donors (Lipinski definition) is 1. The third-order valence-corrected chi connectivity index (χ3v) is 5.83. The van der Waals surface area contributed by atoms with Crippen molar-refractivity contribution in [2.75, 3.05) is 0 Å². The summed E-state index contributed by atoms with van der Waals surface area (Å²) < 4.78 is 0. The fraction of sp³-hybridized carbons (Fsp3) is 0.941. The van der Waals surface area contributed by atoms with Gasteiger partial charge in [-0.1, -0.05) is 47.5 Å². The molecular formula is C17H32N2O. The van der Waals surface area contributed by atoms with Crippen molar-refractivity contribution < 1.29 is 4.79 Å². The molecule has 1 saturated carbocycles. The van der Waals surface area contributed by atoms with Crippen LogP contribution in [0.4, 0.5) is 0 Å². The lowest BCUT2D eigenvalue weighted by Gasteiger charge is -2.43. The highest BCUT2D eigenvalue weighted by Gasteiger charge is 2.51. The smallest absolute Gasteiger partial charge is 0.244 e.